The minimum absolute atomic E-state index is 0.0430. The third-order valence-corrected chi connectivity index (χ3v) is 10.1. The van der Waals surface area contributed by atoms with Crippen molar-refractivity contribution in [3.63, 3.8) is 0 Å². The number of rotatable bonds is 11. The second-order valence-electron chi connectivity index (χ2n) is 13.6. The monoisotopic (exact) mass is 769 g/mol. The number of fused-ring (bicyclic) bond motifs is 2. The van der Waals surface area contributed by atoms with Crippen molar-refractivity contribution in [3.05, 3.63) is 98.5 Å². The lowest BCUT2D eigenvalue weighted by Crippen LogP contribution is -2.48. The van der Waals surface area contributed by atoms with Gasteiger partial charge in [-0.15, -0.1) is 0 Å². The van der Waals surface area contributed by atoms with Crippen LogP contribution in [-0.4, -0.2) is 120 Å². The smallest absolute Gasteiger partial charge is 0.277 e. The molecule has 17 heteroatoms. The number of nitrogens with one attached hydrogen (secondary N) is 1. The molecule has 2 aromatic heterocycles. The third kappa shape index (κ3) is 7.51. The summed E-state index contributed by atoms with van der Waals surface area (Å²) in [5.41, 5.74) is 3.69. The maximum Gasteiger partial charge on any atom is 0.277 e. The summed E-state index contributed by atoms with van der Waals surface area (Å²) in [7, 11) is -2.07. The summed E-state index contributed by atoms with van der Waals surface area (Å²) in [5.74, 6) is -0.178. The average Bonchev–Trinajstić information content (AvgIpc) is 3.60. The number of methoxy groups -OCH3 is 1. The maximum atomic E-state index is 13.7. The Morgan fingerprint density at radius 1 is 0.873 bits per heavy atom. The summed E-state index contributed by atoms with van der Waals surface area (Å²) in [4.78, 5) is 61.9. The van der Waals surface area contributed by atoms with Gasteiger partial charge in [0.25, 0.3) is 27.6 Å². The van der Waals surface area contributed by atoms with Gasteiger partial charge in [0, 0.05) is 67.5 Å². The molecule has 8 rings (SSSR count). The van der Waals surface area contributed by atoms with Gasteiger partial charge in [-0.1, -0.05) is 6.07 Å². The fourth-order valence-corrected chi connectivity index (χ4v) is 7.54. The second-order valence-corrected chi connectivity index (χ2v) is 15.1. The van der Waals surface area contributed by atoms with E-state index in [0.717, 1.165) is 67.9 Å². The van der Waals surface area contributed by atoms with Crippen LogP contribution in [0.3, 0.4) is 0 Å². The van der Waals surface area contributed by atoms with Gasteiger partial charge in [0.05, 0.1) is 51.0 Å². The van der Waals surface area contributed by atoms with Crippen molar-refractivity contribution in [2.75, 3.05) is 71.0 Å². The van der Waals surface area contributed by atoms with Crippen molar-refractivity contribution in [1.82, 2.24) is 24.1 Å². The number of hydrogen-bond donors (Lipinski definition) is 2. The molecular formula is C38H39N7O9S. The van der Waals surface area contributed by atoms with Gasteiger partial charge in [0.2, 0.25) is 0 Å². The van der Waals surface area contributed by atoms with E-state index in [0.29, 0.717) is 57.6 Å². The predicted molar refractivity (Wildman–Crippen MR) is 208 cm³/mol. The van der Waals surface area contributed by atoms with Gasteiger partial charge in [-0.3, -0.25) is 38.4 Å². The van der Waals surface area contributed by atoms with Crippen LogP contribution < -0.4 is 15.5 Å². The van der Waals surface area contributed by atoms with Crippen LogP contribution in [0.2, 0.25) is 0 Å². The number of nitro benzene ring substituents is 1. The number of non-ortho nitro benzene ring substituents is 1. The Kier molecular flexibility index (Phi) is 10.4. The van der Waals surface area contributed by atoms with Gasteiger partial charge < -0.3 is 19.9 Å². The SMILES string of the molecule is COc1ccc2c(c1)c(=O)c1c(NCCCN3CCN(CCCN4C(=O)c5cccc6c([N+](=O)[O-])ccc(c56)C4=O)CC3)ccc3ncn2c31.CS(=O)(=O)O. The van der Waals surface area contributed by atoms with Crippen molar-refractivity contribution < 1.29 is 32.2 Å². The molecule has 55 heavy (non-hydrogen) atoms. The van der Waals surface area contributed by atoms with Crippen molar-refractivity contribution in [3.8, 4) is 5.75 Å². The molecule has 0 bridgehead atoms. The number of nitro groups is 1. The number of amides is 2. The molecule has 2 N–H and O–H groups in total. The number of imide groups is 1. The quantitative estimate of drug-likeness (QED) is 0.0477. The van der Waals surface area contributed by atoms with Crippen molar-refractivity contribution >= 4 is 71.4 Å². The summed E-state index contributed by atoms with van der Waals surface area (Å²) in [5, 5.41) is 16.9. The zero-order valence-electron chi connectivity index (χ0n) is 30.2. The first-order valence-electron chi connectivity index (χ1n) is 17.7. The number of hydrogen-bond acceptors (Lipinski definition) is 12. The minimum atomic E-state index is -3.67. The first-order valence-corrected chi connectivity index (χ1v) is 19.6. The Morgan fingerprint density at radius 3 is 2.22 bits per heavy atom. The summed E-state index contributed by atoms with van der Waals surface area (Å²) in [6.07, 6.45) is 4.03. The summed E-state index contributed by atoms with van der Waals surface area (Å²) < 4.78 is 33.2. The minimum Gasteiger partial charge on any atom is -0.497 e. The molecule has 0 unspecified atom stereocenters. The highest BCUT2D eigenvalue weighted by Crippen LogP contribution is 2.35. The van der Waals surface area contributed by atoms with Gasteiger partial charge in [0.15, 0.2) is 5.43 Å². The zero-order chi connectivity index (χ0) is 39.0. The molecule has 6 aromatic rings. The van der Waals surface area contributed by atoms with E-state index in [1.165, 1.54) is 17.0 Å². The number of ether oxygens (including phenoxy) is 1. The molecule has 0 spiro atoms. The Balaban J connectivity index is 0.000000875. The summed E-state index contributed by atoms with van der Waals surface area (Å²) in [6, 6.07) is 17.1. The number of benzene rings is 4. The molecule has 16 nitrogen and oxygen atoms in total. The molecule has 0 aliphatic carbocycles. The maximum absolute atomic E-state index is 13.7. The first-order chi connectivity index (χ1) is 26.3. The Hall–Kier alpha value is -5.75. The van der Waals surface area contributed by atoms with E-state index in [4.69, 9.17) is 9.29 Å². The normalized spacial score (nSPS) is 15.2. The lowest BCUT2D eigenvalue weighted by molar-refractivity contribution is -0.383. The molecule has 1 fully saturated rings. The summed E-state index contributed by atoms with van der Waals surface area (Å²) in [6.45, 7) is 6.30. The Bertz CT molecular complexity index is 2610. The van der Waals surface area contributed by atoms with E-state index >= 15 is 0 Å². The molecular weight excluding hydrogens is 731 g/mol. The van der Waals surface area contributed by atoms with Crippen LogP contribution in [0.4, 0.5) is 11.4 Å². The molecule has 2 amide bonds. The van der Waals surface area contributed by atoms with Gasteiger partial charge in [-0.25, -0.2) is 4.98 Å². The van der Waals surface area contributed by atoms with Crippen LogP contribution in [0.25, 0.3) is 38.1 Å². The number of imidazole rings is 1. The van der Waals surface area contributed by atoms with Crippen molar-refractivity contribution in [1.29, 1.82) is 0 Å². The van der Waals surface area contributed by atoms with Crippen LogP contribution in [0.1, 0.15) is 33.6 Å². The number of carbonyl (C=O) groups excluding carboxylic acids is 2. The van der Waals surface area contributed by atoms with Gasteiger partial charge in [-0.05, 0) is 74.5 Å². The van der Waals surface area contributed by atoms with E-state index in [-0.39, 0.29) is 17.7 Å². The predicted octanol–water partition coefficient (Wildman–Crippen LogP) is 4.12. The van der Waals surface area contributed by atoms with Crippen molar-refractivity contribution in [2.45, 2.75) is 12.8 Å². The number of pyridine rings is 1. The fourth-order valence-electron chi connectivity index (χ4n) is 7.54. The number of carbonyl (C=O) groups is 2. The lowest BCUT2D eigenvalue weighted by atomic mass is 9.93. The molecule has 2 aliphatic rings. The largest absolute Gasteiger partial charge is 0.497 e. The molecule has 286 valence electrons. The van der Waals surface area contributed by atoms with E-state index in [2.05, 4.69) is 20.1 Å². The fraction of sp³-hybridized carbons (Fsp3) is 0.316. The Morgan fingerprint density at radius 2 is 1.55 bits per heavy atom. The second kappa shape index (κ2) is 15.2. The molecule has 1 saturated heterocycles. The zero-order valence-corrected chi connectivity index (χ0v) is 31.0. The van der Waals surface area contributed by atoms with E-state index in [1.54, 1.807) is 37.7 Å². The van der Waals surface area contributed by atoms with Crippen molar-refractivity contribution in [2.24, 2.45) is 0 Å². The van der Waals surface area contributed by atoms with Gasteiger partial charge in [0.1, 0.15) is 12.1 Å². The van der Waals surface area contributed by atoms with Crippen LogP contribution >= 0.6 is 0 Å². The highest BCUT2D eigenvalue weighted by Gasteiger charge is 2.34. The van der Waals surface area contributed by atoms with E-state index < -0.39 is 26.9 Å². The summed E-state index contributed by atoms with van der Waals surface area (Å²) >= 11 is 0. The van der Waals surface area contributed by atoms with E-state index in [1.807, 2.05) is 28.7 Å². The molecule has 2 aliphatic heterocycles. The molecule has 0 saturated carbocycles. The first kappa shape index (κ1) is 37.6. The van der Waals surface area contributed by atoms with Crippen LogP contribution in [0.15, 0.2) is 71.8 Å². The van der Waals surface area contributed by atoms with Gasteiger partial charge in [-0.2, -0.15) is 8.42 Å². The van der Waals surface area contributed by atoms with Crippen LogP contribution in [0.5, 0.6) is 5.75 Å². The number of anilines is 1. The highest BCUT2D eigenvalue weighted by atomic mass is 32.2. The third-order valence-electron chi connectivity index (χ3n) is 10.1. The number of aromatic nitrogens is 2. The molecule has 4 heterocycles. The topological polar surface area (TPSA) is 197 Å². The number of nitrogens with zero attached hydrogens (tertiary/aromatic N) is 6. The van der Waals surface area contributed by atoms with Crippen LogP contribution in [-0.2, 0) is 10.1 Å². The van der Waals surface area contributed by atoms with Gasteiger partial charge >= 0.3 is 0 Å². The van der Waals surface area contributed by atoms with E-state index in [9.17, 15) is 32.9 Å². The molecule has 4 aromatic carbocycles. The average molecular weight is 770 g/mol. The molecule has 0 radical (unpaired) electrons. The lowest BCUT2D eigenvalue weighted by Gasteiger charge is -2.35. The highest BCUT2D eigenvalue weighted by molar-refractivity contribution is 7.85. The molecule has 0 atom stereocenters. The standard InChI is InChI=1S/C37H35N7O6.CH4O3S/c1-50-23-7-11-30-27(21-23)35(45)33-28(9-10-29-34(33)43(30)22-39-29)38-13-3-14-40-17-19-41(20-18-40)15-4-16-42-36(46)25-6-2-5-24-31(44(48)49)12-8-26(32(24)25)37(42)47;1-5(2,3)4/h2,5-12,21-22,38H,3-4,13-20H2,1H3;1H3,(H,2,3,4). The van der Waals surface area contributed by atoms with Crippen LogP contribution in [0, 0.1) is 10.1 Å². The Labute approximate surface area is 315 Å². The number of piperazine rings is 1.